The summed E-state index contributed by atoms with van der Waals surface area (Å²) in [6.45, 7) is 2.20. The molecule has 1 fully saturated rings. The zero-order chi connectivity index (χ0) is 21.8. The van der Waals surface area contributed by atoms with Crippen molar-refractivity contribution in [3.8, 4) is 5.75 Å². The molecule has 162 valence electrons. The van der Waals surface area contributed by atoms with Crippen LogP contribution < -0.4 is 16.3 Å². The van der Waals surface area contributed by atoms with Crippen LogP contribution >= 0.6 is 11.3 Å². The number of sulfonamides is 1. The summed E-state index contributed by atoms with van der Waals surface area (Å²) in [6, 6.07) is 8.23. The summed E-state index contributed by atoms with van der Waals surface area (Å²) in [5.74, 6) is 0.109. The molecule has 3 N–H and O–H groups in total. The molecule has 2 aromatic heterocycles. The Hall–Kier alpha value is -2.85. The Balaban J connectivity index is 1.67. The highest BCUT2D eigenvalue weighted by Gasteiger charge is 2.30. The van der Waals surface area contributed by atoms with Crippen molar-refractivity contribution < 1.29 is 13.5 Å². The van der Waals surface area contributed by atoms with Crippen molar-refractivity contribution in [2.24, 2.45) is 10.3 Å². The SMILES string of the molecule is C[C@H]1CCC[C@@H](Nn2c(=O)c(C3=NS(=O)(=O)c4ccccc4N3)c(O)c3sccc32)C1. The van der Waals surface area contributed by atoms with Gasteiger partial charge in [-0.3, -0.25) is 4.79 Å². The second kappa shape index (κ2) is 7.38. The van der Waals surface area contributed by atoms with Gasteiger partial charge in [0.2, 0.25) is 0 Å². The molecule has 3 heterocycles. The van der Waals surface area contributed by atoms with E-state index in [1.165, 1.54) is 28.5 Å². The van der Waals surface area contributed by atoms with Gasteiger partial charge in [-0.2, -0.15) is 8.42 Å². The van der Waals surface area contributed by atoms with Gasteiger partial charge in [-0.15, -0.1) is 15.7 Å². The number of nitrogens with zero attached hydrogens (tertiary/aromatic N) is 2. The summed E-state index contributed by atoms with van der Waals surface area (Å²) in [6.07, 6.45) is 4.13. The molecule has 5 rings (SSSR count). The van der Waals surface area contributed by atoms with Crippen molar-refractivity contribution in [2.75, 3.05) is 10.7 Å². The van der Waals surface area contributed by atoms with Crippen LogP contribution in [0.25, 0.3) is 10.2 Å². The Morgan fingerprint density at radius 1 is 1.26 bits per heavy atom. The number of aromatic nitrogens is 1. The quantitative estimate of drug-likeness (QED) is 0.554. The van der Waals surface area contributed by atoms with Crippen LogP contribution in [0, 0.1) is 5.92 Å². The normalized spacial score (nSPS) is 22.4. The number of aromatic hydroxyl groups is 1. The Morgan fingerprint density at radius 2 is 2.06 bits per heavy atom. The van der Waals surface area contributed by atoms with E-state index in [0.29, 0.717) is 21.8 Å². The van der Waals surface area contributed by atoms with Crippen molar-refractivity contribution in [2.45, 2.75) is 43.5 Å². The van der Waals surface area contributed by atoms with Crippen LogP contribution in [-0.2, 0) is 10.0 Å². The number of benzene rings is 1. The highest BCUT2D eigenvalue weighted by Crippen LogP contribution is 2.34. The fraction of sp³-hybridized carbons (Fsp3) is 0.333. The molecule has 1 aliphatic carbocycles. The Bertz CT molecular complexity index is 1370. The van der Waals surface area contributed by atoms with Crippen LogP contribution in [-0.4, -0.2) is 30.1 Å². The lowest BCUT2D eigenvalue weighted by atomic mass is 9.87. The van der Waals surface area contributed by atoms with E-state index in [1.807, 2.05) is 0 Å². The van der Waals surface area contributed by atoms with Gasteiger partial charge in [-0.25, -0.2) is 4.68 Å². The summed E-state index contributed by atoms with van der Waals surface area (Å²) in [5, 5.41) is 15.6. The molecule has 1 saturated carbocycles. The largest absolute Gasteiger partial charge is 0.505 e. The summed E-state index contributed by atoms with van der Waals surface area (Å²) in [5.41, 5.74) is 3.50. The minimum absolute atomic E-state index is 0.0325. The maximum absolute atomic E-state index is 13.5. The number of rotatable bonds is 3. The van der Waals surface area contributed by atoms with E-state index < -0.39 is 15.6 Å². The fourth-order valence-corrected chi connectivity index (χ4v) is 6.34. The maximum atomic E-state index is 13.5. The molecule has 8 nitrogen and oxygen atoms in total. The van der Waals surface area contributed by atoms with Crippen molar-refractivity contribution in [1.29, 1.82) is 0 Å². The summed E-state index contributed by atoms with van der Waals surface area (Å²) >= 11 is 1.28. The number of amidine groups is 1. The summed E-state index contributed by atoms with van der Waals surface area (Å²) in [7, 11) is -4.01. The Morgan fingerprint density at radius 3 is 2.87 bits per heavy atom. The third kappa shape index (κ3) is 3.39. The van der Waals surface area contributed by atoms with E-state index in [2.05, 4.69) is 22.1 Å². The first-order chi connectivity index (χ1) is 14.8. The topological polar surface area (TPSA) is 113 Å². The minimum Gasteiger partial charge on any atom is -0.505 e. The molecule has 10 heteroatoms. The summed E-state index contributed by atoms with van der Waals surface area (Å²) < 4.78 is 31.1. The molecular formula is C21H22N4O4S2. The van der Waals surface area contributed by atoms with Gasteiger partial charge in [0.25, 0.3) is 15.6 Å². The molecule has 2 atom stereocenters. The molecule has 1 aromatic carbocycles. The molecule has 3 aromatic rings. The van der Waals surface area contributed by atoms with E-state index >= 15 is 0 Å². The van der Waals surface area contributed by atoms with Crippen LogP contribution in [0.1, 0.15) is 38.2 Å². The number of fused-ring (bicyclic) bond motifs is 2. The second-order valence-electron chi connectivity index (χ2n) is 8.13. The monoisotopic (exact) mass is 458 g/mol. The number of hydrogen-bond donors (Lipinski definition) is 3. The molecule has 0 spiro atoms. The van der Waals surface area contributed by atoms with Gasteiger partial charge in [0, 0.05) is 6.04 Å². The maximum Gasteiger partial charge on any atom is 0.286 e. The van der Waals surface area contributed by atoms with E-state index in [1.54, 1.807) is 29.6 Å². The smallest absolute Gasteiger partial charge is 0.286 e. The van der Waals surface area contributed by atoms with Gasteiger partial charge in [-0.1, -0.05) is 31.9 Å². The van der Waals surface area contributed by atoms with Gasteiger partial charge in [0.05, 0.1) is 15.9 Å². The minimum atomic E-state index is -4.01. The predicted octanol–water partition coefficient (Wildman–Crippen LogP) is 3.45. The average molecular weight is 459 g/mol. The van der Waals surface area contributed by atoms with Crippen molar-refractivity contribution in [1.82, 2.24) is 4.68 Å². The lowest BCUT2D eigenvalue weighted by molar-refractivity contribution is 0.345. The van der Waals surface area contributed by atoms with Crippen molar-refractivity contribution in [3.05, 3.63) is 51.6 Å². The second-order valence-corrected chi connectivity index (χ2v) is 10.6. The highest BCUT2D eigenvalue weighted by molar-refractivity contribution is 7.90. The van der Waals surface area contributed by atoms with Crippen LogP contribution in [0.3, 0.4) is 0 Å². The van der Waals surface area contributed by atoms with Gasteiger partial charge < -0.3 is 15.8 Å². The van der Waals surface area contributed by atoms with Crippen molar-refractivity contribution >= 4 is 43.1 Å². The Labute approximate surface area is 183 Å². The molecule has 0 amide bonds. The Kier molecular flexibility index (Phi) is 4.78. The fourth-order valence-electron chi connectivity index (χ4n) is 4.39. The van der Waals surface area contributed by atoms with Gasteiger partial charge >= 0.3 is 0 Å². The number of anilines is 1. The lowest BCUT2D eigenvalue weighted by Gasteiger charge is -2.29. The van der Waals surface area contributed by atoms with Crippen LogP contribution in [0.15, 0.2) is 49.8 Å². The number of pyridine rings is 1. The molecule has 31 heavy (non-hydrogen) atoms. The van der Waals surface area contributed by atoms with Crippen LogP contribution in [0.2, 0.25) is 0 Å². The molecular weight excluding hydrogens is 436 g/mol. The standard InChI is InChI=1S/C21H22N4O4S2/c1-12-5-4-6-13(11-12)23-25-15-9-10-30-19(15)18(26)17(21(25)27)20-22-14-7-2-3-8-16(14)31(28,29)24-20/h2-3,7-10,12-13,23,26H,4-6,11H2,1H3,(H,22,24)/t12-,13+/m0/s1. The number of thiophene rings is 1. The van der Waals surface area contributed by atoms with Gasteiger partial charge in [0.15, 0.2) is 11.6 Å². The third-order valence-electron chi connectivity index (χ3n) is 5.87. The lowest BCUT2D eigenvalue weighted by Crippen LogP contribution is -2.41. The molecule has 0 saturated heterocycles. The first-order valence-corrected chi connectivity index (χ1v) is 12.5. The van der Waals surface area contributed by atoms with E-state index in [9.17, 15) is 18.3 Å². The predicted molar refractivity (Wildman–Crippen MR) is 122 cm³/mol. The first-order valence-electron chi connectivity index (χ1n) is 10.2. The van der Waals surface area contributed by atoms with E-state index in [0.717, 1.165) is 19.3 Å². The average Bonchev–Trinajstić information content (AvgIpc) is 3.21. The third-order valence-corrected chi connectivity index (χ3v) is 8.11. The first kappa shape index (κ1) is 20.1. The molecule has 0 radical (unpaired) electrons. The molecule has 1 aliphatic heterocycles. The molecule has 2 aliphatic rings. The number of para-hydroxylation sites is 1. The molecule has 0 bridgehead atoms. The van der Waals surface area contributed by atoms with Crippen molar-refractivity contribution in [3.63, 3.8) is 0 Å². The number of hydrogen-bond acceptors (Lipinski definition) is 7. The zero-order valence-electron chi connectivity index (χ0n) is 16.8. The van der Waals surface area contributed by atoms with E-state index in [-0.39, 0.29) is 28.1 Å². The number of nitrogens with one attached hydrogen (secondary N) is 2. The van der Waals surface area contributed by atoms with Gasteiger partial charge in [-0.05, 0) is 42.3 Å². The zero-order valence-corrected chi connectivity index (χ0v) is 18.5. The van der Waals surface area contributed by atoms with E-state index in [4.69, 9.17) is 0 Å². The molecule has 0 unspecified atom stereocenters. The van der Waals surface area contributed by atoms with Crippen LogP contribution in [0.5, 0.6) is 5.75 Å². The van der Waals surface area contributed by atoms with Gasteiger partial charge in [0.1, 0.15) is 10.5 Å². The summed E-state index contributed by atoms with van der Waals surface area (Å²) in [4.78, 5) is 13.5. The highest BCUT2D eigenvalue weighted by atomic mass is 32.2. The van der Waals surface area contributed by atoms with Crippen LogP contribution in [0.4, 0.5) is 5.69 Å².